The minimum absolute atomic E-state index is 0.896. The fourth-order valence-electron chi connectivity index (χ4n) is 0.840. The highest BCUT2D eigenvalue weighted by molar-refractivity contribution is 4.96. The zero-order valence-electron chi connectivity index (χ0n) is 6.59. The summed E-state index contributed by atoms with van der Waals surface area (Å²) < 4.78 is 0. The molecule has 0 aliphatic heterocycles. The highest BCUT2D eigenvalue weighted by Gasteiger charge is 1.87. The van der Waals surface area contributed by atoms with E-state index in [1.807, 2.05) is 6.20 Å². The van der Waals surface area contributed by atoms with Gasteiger partial charge in [0, 0.05) is 18.8 Å². The molecule has 2 heteroatoms. The highest BCUT2D eigenvalue weighted by atomic mass is 14.9. The van der Waals surface area contributed by atoms with Crippen LogP contribution >= 0.6 is 0 Å². The van der Waals surface area contributed by atoms with Crippen molar-refractivity contribution in [2.24, 2.45) is 0 Å². The van der Waals surface area contributed by atoms with Crippen LogP contribution in [-0.4, -0.2) is 9.97 Å². The average molecular weight is 149 g/mol. The number of hydrogen-bond donors (Lipinski definition) is 1. The van der Waals surface area contributed by atoms with Crippen LogP contribution in [0.3, 0.4) is 0 Å². The lowest BCUT2D eigenvalue weighted by molar-refractivity contribution is 1.01. The van der Waals surface area contributed by atoms with Crippen LogP contribution in [0.15, 0.2) is 24.5 Å². The van der Waals surface area contributed by atoms with Crippen molar-refractivity contribution >= 4 is 0 Å². The van der Waals surface area contributed by atoms with Crippen LogP contribution < -0.4 is 0 Å². The summed E-state index contributed by atoms with van der Waals surface area (Å²) in [6.07, 6.45) is 10.8. The SMILES string of the molecule is [CH2]CCC=CCc1ncc[nH]1. The Hall–Kier alpha value is -1.05. The van der Waals surface area contributed by atoms with Crippen molar-refractivity contribution < 1.29 is 0 Å². The monoisotopic (exact) mass is 149 g/mol. The van der Waals surface area contributed by atoms with Gasteiger partial charge in [-0.15, -0.1) is 0 Å². The fraction of sp³-hybridized carbons (Fsp3) is 0.333. The molecular weight excluding hydrogens is 136 g/mol. The normalized spacial score (nSPS) is 11.0. The summed E-state index contributed by atoms with van der Waals surface area (Å²) in [5, 5.41) is 0. The maximum absolute atomic E-state index is 4.09. The van der Waals surface area contributed by atoms with E-state index in [2.05, 4.69) is 29.0 Å². The third-order valence-electron chi connectivity index (χ3n) is 1.40. The number of imidazole rings is 1. The summed E-state index contributed by atoms with van der Waals surface area (Å²) in [6, 6.07) is 0. The van der Waals surface area contributed by atoms with Crippen LogP contribution in [0.5, 0.6) is 0 Å². The van der Waals surface area contributed by atoms with Gasteiger partial charge < -0.3 is 4.98 Å². The van der Waals surface area contributed by atoms with Crippen molar-refractivity contribution in [3.63, 3.8) is 0 Å². The summed E-state index contributed by atoms with van der Waals surface area (Å²) in [5.41, 5.74) is 0. The summed E-state index contributed by atoms with van der Waals surface area (Å²) in [6.45, 7) is 3.75. The molecule has 59 valence electrons. The molecule has 0 aliphatic carbocycles. The molecule has 1 aromatic rings. The number of unbranched alkanes of at least 4 members (excludes halogenated alkanes) is 1. The molecule has 1 aromatic heterocycles. The standard InChI is InChI=1S/C9H13N2/c1-2-3-4-5-6-9-10-7-8-11-9/h4-5,7-8H,1-3,6H2,(H,10,11). The quantitative estimate of drug-likeness (QED) is 0.653. The number of rotatable bonds is 4. The number of H-pyrrole nitrogens is 1. The molecule has 2 nitrogen and oxygen atoms in total. The third kappa shape index (κ3) is 3.03. The van der Waals surface area contributed by atoms with E-state index in [1.165, 1.54) is 0 Å². The van der Waals surface area contributed by atoms with Gasteiger partial charge in [0.1, 0.15) is 5.82 Å². The van der Waals surface area contributed by atoms with Crippen molar-refractivity contribution in [3.8, 4) is 0 Å². The molecule has 0 unspecified atom stereocenters. The van der Waals surface area contributed by atoms with E-state index in [9.17, 15) is 0 Å². The Balaban J connectivity index is 2.23. The smallest absolute Gasteiger partial charge is 0.109 e. The first kappa shape index (κ1) is 8.05. The number of aromatic nitrogens is 2. The van der Waals surface area contributed by atoms with Gasteiger partial charge in [-0.1, -0.05) is 19.1 Å². The number of hydrogen-bond acceptors (Lipinski definition) is 1. The van der Waals surface area contributed by atoms with Gasteiger partial charge >= 0.3 is 0 Å². The Labute approximate surface area is 67.4 Å². The zero-order valence-corrected chi connectivity index (χ0v) is 6.59. The van der Waals surface area contributed by atoms with Crippen LogP contribution in [0.25, 0.3) is 0 Å². The Morgan fingerprint density at radius 3 is 3.09 bits per heavy atom. The molecule has 1 radical (unpaired) electrons. The van der Waals surface area contributed by atoms with Crippen molar-refractivity contribution in [3.05, 3.63) is 37.3 Å². The molecule has 1 heterocycles. The largest absolute Gasteiger partial charge is 0.348 e. The van der Waals surface area contributed by atoms with Gasteiger partial charge in [-0.25, -0.2) is 4.98 Å². The number of allylic oxidation sites excluding steroid dienone is 2. The minimum atomic E-state index is 0.896. The molecule has 0 atom stereocenters. The van der Waals surface area contributed by atoms with Crippen LogP contribution in [0.2, 0.25) is 0 Å². The van der Waals surface area contributed by atoms with E-state index >= 15 is 0 Å². The van der Waals surface area contributed by atoms with Gasteiger partial charge in [0.15, 0.2) is 0 Å². The van der Waals surface area contributed by atoms with Crippen molar-refractivity contribution in [1.29, 1.82) is 0 Å². The van der Waals surface area contributed by atoms with Crippen molar-refractivity contribution in [2.75, 3.05) is 0 Å². The van der Waals surface area contributed by atoms with E-state index < -0.39 is 0 Å². The Kier molecular flexibility index (Phi) is 3.45. The predicted octanol–water partition coefficient (Wildman–Crippen LogP) is 2.12. The fourth-order valence-corrected chi connectivity index (χ4v) is 0.840. The van der Waals surface area contributed by atoms with Crippen LogP contribution in [-0.2, 0) is 6.42 Å². The Morgan fingerprint density at radius 1 is 1.55 bits per heavy atom. The summed E-state index contributed by atoms with van der Waals surface area (Å²) in [5.74, 6) is 1.02. The van der Waals surface area contributed by atoms with Crippen LogP contribution in [0.1, 0.15) is 18.7 Å². The molecule has 0 aromatic carbocycles. The second-order valence-corrected chi connectivity index (χ2v) is 2.35. The maximum Gasteiger partial charge on any atom is 0.109 e. The van der Waals surface area contributed by atoms with Crippen molar-refractivity contribution in [2.45, 2.75) is 19.3 Å². The van der Waals surface area contributed by atoms with E-state index in [0.29, 0.717) is 0 Å². The number of aromatic amines is 1. The minimum Gasteiger partial charge on any atom is -0.348 e. The zero-order chi connectivity index (χ0) is 7.94. The Bertz CT molecular complexity index is 199. The first-order valence-corrected chi connectivity index (χ1v) is 3.86. The molecule has 0 spiro atoms. The molecule has 1 N–H and O–H groups in total. The summed E-state index contributed by atoms with van der Waals surface area (Å²) >= 11 is 0. The lowest BCUT2D eigenvalue weighted by Crippen LogP contribution is -1.82. The van der Waals surface area contributed by atoms with Gasteiger partial charge in [-0.2, -0.15) is 0 Å². The van der Waals surface area contributed by atoms with E-state index in [1.54, 1.807) is 6.20 Å². The van der Waals surface area contributed by atoms with Gasteiger partial charge in [0.05, 0.1) is 0 Å². The molecule has 0 aliphatic rings. The van der Waals surface area contributed by atoms with Crippen LogP contribution in [0.4, 0.5) is 0 Å². The van der Waals surface area contributed by atoms with Gasteiger partial charge in [0.25, 0.3) is 0 Å². The molecule has 0 saturated heterocycles. The summed E-state index contributed by atoms with van der Waals surface area (Å²) in [4.78, 5) is 7.13. The summed E-state index contributed by atoms with van der Waals surface area (Å²) in [7, 11) is 0. The Morgan fingerprint density at radius 2 is 2.45 bits per heavy atom. The predicted molar refractivity (Wildman–Crippen MR) is 46.0 cm³/mol. The lowest BCUT2D eigenvalue weighted by atomic mass is 10.3. The van der Waals surface area contributed by atoms with Crippen LogP contribution in [0, 0.1) is 6.92 Å². The first-order valence-electron chi connectivity index (χ1n) is 3.86. The first-order chi connectivity index (χ1) is 5.43. The second kappa shape index (κ2) is 4.72. The lowest BCUT2D eigenvalue weighted by Gasteiger charge is -1.86. The highest BCUT2D eigenvalue weighted by Crippen LogP contribution is 1.93. The topological polar surface area (TPSA) is 28.7 Å². The molecule has 0 fully saturated rings. The van der Waals surface area contributed by atoms with Gasteiger partial charge in [-0.3, -0.25) is 0 Å². The number of nitrogens with one attached hydrogen (secondary N) is 1. The van der Waals surface area contributed by atoms with E-state index in [-0.39, 0.29) is 0 Å². The number of nitrogens with zero attached hydrogens (tertiary/aromatic N) is 1. The third-order valence-corrected chi connectivity index (χ3v) is 1.40. The van der Waals surface area contributed by atoms with Crippen molar-refractivity contribution in [1.82, 2.24) is 9.97 Å². The molecule has 0 saturated carbocycles. The average Bonchev–Trinajstić information content (AvgIpc) is 2.50. The van der Waals surface area contributed by atoms with E-state index in [0.717, 1.165) is 25.1 Å². The van der Waals surface area contributed by atoms with Gasteiger partial charge in [-0.05, 0) is 12.8 Å². The molecular formula is C9H13N2. The molecule has 1 rings (SSSR count). The molecule has 11 heavy (non-hydrogen) atoms. The van der Waals surface area contributed by atoms with Gasteiger partial charge in [0.2, 0.25) is 0 Å². The molecule has 0 bridgehead atoms. The maximum atomic E-state index is 4.09. The molecule has 0 amide bonds. The van der Waals surface area contributed by atoms with E-state index in [4.69, 9.17) is 0 Å². The second-order valence-electron chi connectivity index (χ2n) is 2.35.